The summed E-state index contributed by atoms with van der Waals surface area (Å²) in [6.45, 7) is 3.19. The number of carboxylic acids is 1. The second kappa shape index (κ2) is 4.49. The lowest BCUT2D eigenvalue weighted by Crippen LogP contribution is -2.48. The minimum atomic E-state index is -0.633. The summed E-state index contributed by atoms with van der Waals surface area (Å²) < 4.78 is 0. The van der Waals surface area contributed by atoms with Crippen molar-refractivity contribution in [1.82, 2.24) is 9.80 Å². The highest BCUT2D eigenvalue weighted by atomic mass is 16.4. The molecule has 0 aliphatic carbocycles. The molecule has 0 amide bonds. The largest absolute Gasteiger partial charge is 0.480 e. The third kappa shape index (κ3) is 2.32. The van der Waals surface area contributed by atoms with Crippen molar-refractivity contribution in [2.45, 2.75) is 37.8 Å². The van der Waals surface area contributed by atoms with E-state index >= 15 is 0 Å². The molecule has 2 saturated heterocycles. The summed E-state index contributed by atoms with van der Waals surface area (Å²) >= 11 is 0. The first-order chi connectivity index (χ1) is 7.18. The van der Waals surface area contributed by atoms with Gasteiger partial charge >= 0.3 is 5.97 Å². The van der Waals surface area contributed by atoms with Crippen LogP contribution in [0.5, 0.6) is 0 Å². The Balaban J connectivity index is 1.94. The molecule has 4 nitrogen and oxygen atoms in total. The molecule has 2 rings (SSSR count). The van der Waals surface area contributed by atoms with Crippen LogP contribution < -0.4 is 0 Å². The van der Waals surface area contributed by atoms with E-state index in [4.69, 9.17) is 5.11 Å². The van der Waals surface area contributed by atoms with Gasteiger partial charge in [-0.05, 0) is 52.4 Å². The summed E-state index contributed by atoms with van der Waals surface area (Å²) in [7, 11) is 2.13. The molecule has 15 heavy (non-hydrogen) atoms. The smallest absolute Gasteiger partial charge is 0.320 e. The topological polar surface area (TPSA) is 43.8 Å². The maximum Gasteiger partial charge on any atom is 0.320 e. The number of aliphatic carboxylic acids is 1. The standard InChI is InChI=1S/C11H20N2O2/c1-12-7-4-9(5-8-12)13-6-2-3-10(13)11(14)15/h9-10H,2-8H2,1H3,(H,14,15)/t10-/m1/s1. The third-order valence-electron chi connectivity index (χ3n) is 3.74. The summed E-state index contributed by atoms with van der Waals surface area (Å²) in [6, 6.07) is 0.295. The second-order valence-corrected chi connectivity index (χ2v) is 4.77. The van der Waals surface area contributed by atoms with Crippen molar-refractivity contribution in [3.05, 3.63) is 0 Å². The van der Waals surface area contributed by atoms with Crippen LogP contribution in [0, 0.1) is 0 Å². The van der Waals surface area contributed by atoms with Gasteiger partial charge in [0.25, 0.3) is 0 Å². The fourth-order valence-electron chi connectivity index (χ4n) is 2.82. The van der Waals surface area contributed by atoms with Crippen molar-refractivity contribution >= 4 is 5.97 Å². The SMILES string of the molecule is CN1CCC(N2CCC[C@@H]2C(=O)O)CC1. The van der Waals surface area contributed by atoms with Crippen molar-refractivity contribution in [3.63, 3.8) is 0 Å². The predicted octanol–water partition coefficient (Wildman–Crippen LogP) is 0.630. The first-order valence-electron chi connectivity index (χ1n) is 5.85. The van der Waals surface area contributed by atoms with Crippen molar-refractivity contribution < 1.29 is 9.90 Å². The molecule has 2 aliphatic rings. The number of carboxylic acid groups (broad SMARTS) is 1. The van der Waals surface area contributed by atoms with Crippen molar-refractivity contribution in [2.75, 3.05) is 26.7 Å². The maximum absolute atomic E-state index is 11.1. The molecule has 0 radical (unpaired) electrons. The minimum absolute atomic E-state index is 0.210. The molecule has 2 aliphatic heterocycles. The highest BCUT2D eigenvalue weighted by molar-refractivity contribution is 5.73. The van der Waals surface area contributed by atoms with Gasteiger partial charge in [-0.1, -0.05) is 0 Å². The highest BCUT2D eigenvalue weighted by Crippen LogP contribution is 2.25. The Bertz CT molecular complexity index is 237. The Morgan fingerprint density at radius 1 is 1.20 bits per heavy atom. The van der Waals surface area contributed by atoms with Gasteiger partial charge in [-0.15, -0.1) is 0 Å². The van der Waals surface area contributed by atoms with Gasteiger partial charge in [-0.25, -0.2) is 0 Å². The first kappa shape index (κ1) is 10.9. The lowest BCUT2D eigenvalue weighted by molar-refractivity contribution is -0.143. The van der Waals surface area contributed by atoms with E-state index < -0.39 is 5.97 Å². The molecule has 2 fully saturated rings. The van der Waals surface area contributed by atoms with Gasteiger partial charge in [0.05, 0.1) is 0 Å². The van der Waals surface area contributed by atoms with E-state index in [2.05, 4.69) is 16.8 Å². The van der Waals surface area contributed by atoms with Gasteiger partial charge in [0.1, 0.15) is 6.04 Å². The lowest BCUT2D eigenvalue weighted by atomic mass is 10.0. The number of hydrogen-bond acceptors (Lipinski definition) is 3. The Kier molecular flexibility index (Phi) is 3.26. The molecule has 0 unspecified atom stereocenters. The molecular formula is C11H20N2O2. The summed E-state index contributed by atoms with van der Waals surface area (Å²) in [5.74, 6) is -0.633. The summed E-state index contributed by atoms with van der Waals surface area (Å²) in [4.78, 5) is 15.6. The molecule has 0 spiro atoms. The van der Waals surface area contributed by atoms with Crippen LogP contribution in [0.3, 0.4) is 0 Å². The monoisotopic (exact) mass is 212 g/mol. The molecule has 4 heteroatoms. The quantitative estimate of drug-likeness (QED) is 0.729. The molecule has 0 aromatic carbocycles. The summed E-state index contributed by atoms with van der Waals surface area (Å²) in [5.41, 5.74) is 0. The molecule has 0 bridgehead atoms. The van der Waals surface area contributed by atoms with Crippen LogP contribution in [-0.4, -0.2) is 59.6 Å². The molecule has 2 heterocycles. The van der Waals surface area contributed by atoms with E-state index in [1.807, 2.05) is 0 Å². The molecule has 0 saturated carbocycles. The minimum Gasteiger partial charge on any atom is -0.480 e. The van der Waals surface area contributed by atoms with Crippen LogP contribution in [0.2, 0.25) is 0 Å². The number of likely N-dealkylation sites (tertiary alicyclic amines) is 2. The zero-order valence-corrected chi connectivity index (χ0v) is 9.35. The predicted molar refractivity (Wildman–Crippen MR) is 57.9 cm³/mol. The first-order valence-corrected chi connectivity index (χ1v) is 5.85. The maximum atomic E-state index is 11.1. The Morgan fingerprint density at radius 2 is 1.87 bits per heavy atom. The van der Waals surface area contributed by atoms with Crippen LogP contribution >= 0.6 is 0 Å². The Morgan fingerprint density at radius 3 is 2.47 bits per heavy atom. The number of rotatable bonds is 2. The lowest BCUT2D eigenvalue weighted by Gasteiger charge is -2.36. The van der Waals surface area contributed by atoms with E-state index in [0.29, 0.717) is 6.04 Å². The van der Waals surface area contributed by atoms with Crippen LogP contribution in [0.4, 0.5) is 0 Å². The third-order valence-corrected chi connectivity index (χ3v) is 3.74. The Labute approximate surface area is 90.9 Å². The van der Waals surface area contributed by atoms with Gasteiger partial charge in [0, 0.05) is 6.04 Å². The average molecular weight is 212 g/mol. The molecule has 0 aromatic heterocycles. The fraction of sp³-hybridized carbons (Fsp3) is 0.909. The van der Waals surface area contributed by atoms with Crippen LogP contribution in [0.25, 0.3) is 0 Å². The van der Waals surface area contributed by atoms with E-state index in [9.17, 15) is 4.79 Å². The molecule has 86 valence electrons. The van der Waals surface area contributed by atoms with Crippen molar-refractivity contribution in [2.24, 2.45) is 0 Å². The van der Waals surface area contributed by atoms with Crippen molar-refractivity contribution in [1.29, 1.82) is 0 Å². The zero-order valence-electron chi connectivity index (χ0n) is 9.35. The van der Waals surface area contributed by atoms with Crippen LogP contribution in [0.15, 0.2) is 0 Å². The fourth-order valence-corrected chi connectivity index (χ4v) is 2.82. The summed E-state index contributed by atoms with van der Waals surface area (Å²) in [5, 5.41) is 9.11. The number of hydrogen-bond donors (Lipinski definition) is 1. The van der Waals surface area contributed by atoms with E-state index in [-0.39, 0.29) is 6.04 Å². The summed E-state index contributed by atoms with van der Waals surface area (Å²) in [6.07, 6.45) is 4.13. The second-order valence-electron chi connectivity index (χ2n) is 4.77. The van der Waals surface area contributed by atoms with Gasteiger partial charge < -0.3 is 10.0 Å². The Hall–Kier alpha value is -0.610. The zero-order chi connectivity index (χ0) is 10.8. The highest BCUT2D eigenvalue weighted by Gasteiger charge is 2.36. The van der Waals surface area contributed by atoms with E-state index in [1.165, 1.54) is 0 Å². The van der Waals surface area contributed by atoms with Gasteiger partial charge in [0.2, 0.25) is 0 Å². The van der Waals surface area contributed by atoms with Gasteiger partial charge in [0.15, 0.2) is 0 Å². The number of carbonyl (C=O) groups is 1. The van der Waals surface area contributed by atoms with Gasteiger partial charge in [-0.3, -0.25) is 9.69 Å². The normalized spacial score (nSPS) is 30.9. The van der Waals surface area contributed by atoms with E-state index in [1.54, 1.807) is 0 Å². The molecule has 1 N–H and O–H groups in total. The molecule has 1 atom stereocenters. The van der Waals surface area contributed by atoms with Crippen LogP contribution in [0.1, 0.15) is 25.7 Å². The van der Waals surface area contributed by atoms with E-state index in [0.717, 1.165) is 45.3 Å². The number of nitrogens with zero attached hydrogens (tertiary/aromatic N) is 2. The van der Waals surface area contributed by atoms with Crippen molar-refractivity contribution in [3.8, 4) is 0 Å². The van der Waals surface area contributed by atoms with Crippen LogP contribution in [-0.2, 0) is 4.79 Å². The molecule has 0 aromatic rings. The average Bonchev–Trinajstić information content (AvgIpc) is 2.67. The number of piperidine rings is 1. The molecular weight excluding hydrogens is 192 g/mol. The van der Waals surface area contributed by atoms with Gasteiger partial charge in [-0.2, -0.15) is 0 Å².